The Hall–Kier alpha value is -2.81. The summed E-state index contributed by atoms with van der Waals surface area (Å²) in [5.74, 6) is -0.536. The van der Waals surface area contributed by atoms with Gasteiger partial charge in [0.25, 0.3) is 0 Å². The Morgan fingerprint density at radius 2 is 1.87 bits per heavy atom. The number of nitrogens with zero attached hydrogens (tertiary/aromatic N) is 1. The maximum atomic E-state index is 12.8. The van der Waals surface area contributed by atoms with E-state index in [-0.39, 0.29) is 17.3 Å². The number of aryl methyl sites for hydroxylation is 2. The third-order valence-electron chi connectivity index (χ3n) is 5.27. The van der Waals surface area contributed by atoms with Crippen molar-refractivity contribution in [2.75, 3.05) is 5.75 Å². The van der Waals surface area contributed by atoms with Crippen molar-refractivity contribution in [2.24, 2.45) is 0 Å². The van der Waals surface area contributed by atoms with Gasteiger partial charge in [0, 0.05) is 21.9 Å². The summed E-state index contributed by atoms with van der Waals surface area (Å²) in [6, 6.07) is 15.2. The van der Waals surface area contributed by atoms with Crippen molar-refractivity contribution in [2.45, 2.75) is 33.6 Å². The first-order valence-electron chi connectivity index (χ1n) is 9.85. The number of nitrogens with one attached hydrogen (secondary N) is 1. The zero-order valence-corrected chi connectivity index (χ0v) is 19.4. The third kappa shape index (κ3) is 4.76. The Balaban J connectivity index is 1.98. The summed E-state index contributed by atoms with van der Waals surface area (Å²) in [5, 5.41) is 14.3. The average Bonchev–Trinajstić information content (AvgIpc) is 2.71. The van der Waals surface area contributed by atoms with Crippen molar-refractivity contribution in [1.82, 2.24) is 5.32 Å². The summed E-state index contributed by atoms with van der Waals surface area (Å²) < 4.78 is 0. The van der Waals surface area contributed by atoms with E-state index in [1.54, 1.807) is 13.0 Å². The van der Waals surface area contributed by atoms with Gasteiger partial charge in [0.05, 0.1) is 28.3 Å². The number of ketones is 2. The van der Waals surface area contributed by atoms with Gasteiger partial charge in [-0.05, 0) is 44.9 Å². The van der Waals surface area contributed by atoms with Crippen molar-refractivity contribution in [1.29, 1.82) is 5.26 Å². The summed E-state index contributed by atoms with van der Waals surface area (Å²) in [7, 11) is 0. The van der Waals surface area contributed by atoms with Crippen molar-refractivity contribution in [3.63, 3.8) is 0 Å². The molecule has 0 radical (unpaired) electrons. The Labute approximate surface area is 192 Å². The molecule has 158 valence electrons. The van der Waals surface area contributed by atoms with E-state index in [1.807, 2.05) is 50.2 Å². The molecule has 1 heterocycles. The van der Waals surface area contributed by atoms with Gasteiger partial charge in [-0.1, -0.05) is 65.3 Å². The molecule has 0 saturated heterocycles. The van der Waals surface area contributed by atoms with Crippen LogP contribution >= 0.6 is 23.4 Å². The second-order valence-electron chi connectivity index (χ2n) is 7.56. The number of benzene rings is 2. The first-order valence-corrected chi connectivity index (χ1v) is 11.2. The van der Waals surface area contributed by atoms with Crippen LogP contribution in [0.1, 0.15) is 46.8 Å². The summed E-state index contributed by atoms with van der Waals surface area (Å²) in [6.07, 6.45) is 0. The van der Waals surface area contributed by atoms with Crippen molar-refractivity contribution >= 4 is 34.9 Å². The molecule has 0 aromatic heterocycles. The number of thioether (sulfide) groups is 1. The number of carbonyl (C=O) groups excluding carboxylic acids is 2. The largest absolute Gasteiger partial charge is 0.353 e. The Kier molecular flexibility index (Phi) is 7.04. The van der Waals surface area contributed by atoms with Crippen LogP contribution in [-0.2, 0) is 4.79 Å². The number of nitriles is 1. The normalized spacial score (nSPS) is 16.1. The minimum absolute atomic E-state index is 0.0117. The molecule has 1 aliphatic rings. The van der Waals surface area contributed by atoms with Gasteiger partial charge in [0.2, 0.25) is 0 Å². The molecule has 0 saturated carbocycles. The van der Waals surface area contributed by atoms with Crippen LogP contribution in [0.4, 0.5) is 0 Å². The summed E-state index contributed by atoms with van der Waals surface area (Å²) >= 11 is 7.71. The molecule has 4 nitrogen and oxygen atoms in total. The van der Waals surface area contributed by atoms with E-state index in [1.165, 1.54) is 18.7 Å². The van der Waals surface area contributed by atoms with Crippen LogP contribution in [0.3, 0.4) is 0 Å². The van der Waals surface area contributed by atoms with E-state index in [0.29, 0.717) is 38.0 Å². The van der Waals surface area contributed by atoms with Crippen LogP contribution in [0.25, 0.3) is 0 Å². The quantitative estimate of drug-likeness (QED) is 0.558. The molecular weight excluding hydrogens is 428 g/mol. The molecule has 0 amide bonds. The summed E-state index contributed by atoms with van der Waals surface area (Å²) in [5.41, 5.74) is 4.97. The highest BCUT2D eigenvalue weighted by atomic mass is 35.5. The van der Waals surface area contributed by atoms with E-state index in [2.05, 4.69) is 11.4 Å². The summed E-state index contributed by atoms with van der Waals surface area (Å²) in [4.78, 5) is 25.3. The fraction of sp³-hybridized carbons (Fsp3) is 0.240. The van der Waals surface area contributed by atoms with Gasteiger partial charge in [-0.25, -0.2) is 0 Å². The van der Waals surface area contributed by atoms with Crippen LogP contribution in [0.15, 0.2) is 64.3 Å². The molecule has 0 bridgehead atoms. The average molecular weight is 451 g/mol. The predicted molar refractivity (Wildman–Crippen MR) is 126 cm³/mol. The topological polar surface area (TPSA) is 70.0 Å². The SMILES string of the molecule is CC(=O)C1=C(C)NC(SCC(=O)c2ccc(C)cc2C)=C(C#N)[C@H]1c1ccccc1Cl. The Bertz CT molecular complexity index is 1170. The summed E-state index contributed by atoms with van der Waals surface area (Å²) in [6.45, 7) is 7.20. The number of carbonyl (C=O) groups is 2. The lowest BCUT2D eigenvalue weighted by atomic mass is 9.81. The fourth-order valence-corrected chi connectivity index (χ4v) is 5.08. The lowest BCUT2D eigenvalue weighted by Gasteiger charge is -2.29. The first kappa shape index (κ1) is 22.9. The van der Waals surface area contributed by atoms with Gasteiger partial charge < -0.3 is 5.32 Å². The molecule has 2 aromatic rings. The van der Waals surface area contributed by atoms with Crippen LogP contribution in [-0.4, -0.2) is 17.3 Å². The number of dihydropyridines is 1. The molecule has 31 heavy (non-hydrogen) atoms. The molecule has 3 rings (SSSR count). The molecule has 1 aliphatic heterocycles. The standard InChI is InChI=1S/C25H23ClN2O2S/c1-14-9-10-18(15(2)11-14)22(30)13-31-25-20(12-27)24(19-7-5-6-8-21(19)26)23(17(4)29)16(3)28-25/h5-11,24,28H,13H2,1-4H3/t24-/m1/s1. The number of halogens is 1. The first-order chi connectivity index (χ1) is 14.7. The molecule has 6 heteroatoms. The zero-order valence-electron chi connectivity index (χ0n) is 17.9. The second-order valence-corrected chi connectivity index (χ2v) is 8.95. The Morgan fingerprint density at radius 3 is 2.48 bits per heavy atom. The van der Waals surface area contributed by atoms with Gasteiger partial charge in [-0.15, -0.1) is 0 Å². The van der Waals surface area contributed by atoms with Crippen LogP contribution in [0.2, 0.25) is 5.02 Å². The van der Waals surface area contributed by atoms with Crippen molar-refractivity contribution in [3.8, 4) is 6.07 Å². The number of hydrogen-bond donors (Lipinski definition) is 1. The monoisotopic (exact) mass is 450 g/mol. The number of hydrogen-bond acceptors (Lipinski definition) is 5. The van der Waals surface area contributed by atoms with Crippen LogP contribution in [0, 0.1) is 25.2 Å². The van der Waals surface area contributed by atoms with E-state index in [4.69, 9.17) is 11.6 Å². The number of allylic oxidation sites excluding steroid dienone is 3. The van der Waals surface area contributed by atoms with Crippen LogP contribution in [0.5, 0.6) is 0 Å². The van der Waals surface area contributed by atoms with E-state index in [9.17, 15) is 14.9 Å². The molecule has 0 unspecified atom stereocenters. The lowest BCUT2D eigenvalue weighted by Crippen LogP contribution is -2.27. The molecule has 0 aliphatic carbocycles. The van der Waals surface area contributed by atoms with Crippen molar-refractivity contribution < 1.29 is 9.59 Å². The van der Waals surface area contributed by atoms with Crippen molar-refractivity contribution in [3.05, 3.63) is 91.6 Å². The molecule has 1 N–H and O–H groups in total. The Morgan fingerprint density at radius 1 is 1.16 bits per heavy atom. The smallest absolute Gasteiger partial charge is 0.173 e. The lowest BCUT2D eigenvalue weighted by molar-refractivity contribution is -0.113. The highest BCUT2D eigenvalue weighted by Gasteiger charge is 2.34. The van der Waals surface area contributed by atoms with E-state index >= 15 is 0 Å². The van der Waals surface area contributed by atoms with Gasteiger partial charge in [0.15, 0.2) is 11.6 Å². The minimum Gasteiger partial charge on any atom is -0.353 e. The molecule has 0 spiro atoms. The van der Waals surface area contributed by atoms with E-state index in [0.717, 1.165) is 11.1 Å². The molecular formula is C25H23ClN2O2S. The number of Topliss-reactive ketones (excluding diaryl/α,β-unsaturated/α-hetero) is 2. The fourth-order valence-electron chi connectivity index (χ4n) is 3.86. The third-order valence-corrected chi connectivity index (χ3v) is 6.63. The highest BCUT2D eigenvalue weighted by molar-refractivity contribution is 8.03. The molecule has 1 atom stereocenters. The number of rotatable bonds is 6. The van der Waals surface area contributed by atoms with Gasteiger partial charge in [0.1, 0.15) is 0 Å². The van der Waals surface area contributed by atoms with Gasteiger partial charge >= 0.3 is 0 Å². The second kappa shape index (κ2) is 9.55. The minimum atomic E-state index is -0.573. The maximum absolute atomic E-state index is 12.8. The molecule has 2 aromatic carbocycles. The van der Waals surface area contributed by atoms with Crippen LogP contribution < -0.4 is 5.32 Å². The highest BCUT2D eigenvalue weighted by Crippen LogP contribution is 2.43. The van der Waals surface area contributed by atoms with Gasteiger partial charge in [-0.3, -0.25) is 9.59 Å². The maximum Gasteiger partial charge on any atom is 0.173 e. The zero-order chi connectivity index (χ0) is 22.7. The van der Waals surface area contributed by atoms with E-state index < -0.39 is 5.92 Å². The predicted octanol–water partition coefficient (Wildman–Crippen LogP) is 5.86. The van der Waals surface area contributed by atoms with Gasteiger partial charge in [-0.2, -0.15) is 5.26 Å². The molecule has 0 fully saturated rings.